The summed E-state index contributed by atoms with van der Waals surface area (Å²) >= 11 is 1.44. The number of carbonyl (C=O) groups excluding carboxylic acids is 1. The Morgan fingerprint density at radius 2 is 1.85 bits per heavy atom. The lowest BCUT2D eigenvalue weighted by molar-refractivity contribution is 0.102. The molecule has 0 saturated heterocycles. The van der Waals surface area contributed by atoms with Crippen LogP contribution in [0.4, 0.5) is 0 Å². The van der Waals surface area contributed by atoms with E-state index in [0.29, 0.717) is 5.75 Å². The van der Waals surface area contributed by atoms with Crippen LogP contribution in [0.15, 0.2) is 47.6 Å². The van der Waals surface area contributed by atoms with Crippen LogP contribution in [0.5, 0.6) is 0 Å². The van der Waals surface area contributed by atoms with E-state index in [-0.39, 0.29) is 5.78 Å². The number of rotatable bonds is 7. The third-order valence-electron chi connectivity index (χ3n) is 4.82. The molecule has 0 unspecified atom stereocenters. The number of carbonyl (C=O) groups is 1. The second-order valence-electron chi connectivity index (χ2n) is 6.59. The van der Waals surface area contributed by atoms with Crippen molar-refractivity contribution in [2.45, 2.75) is 38.8 Å². The summed E-state index contributed by atoms with van der Waals surface area (Å²) in [5.41, 5.74) is 5.36. The minimum Gasteiger partial charge on any atom is -0.305 e. The van der Waals surface area contributed by atoms with Gasteiger partial charge in [0.2, 0.25) is 0 Å². The molecule has 0 bridgehead atoms. The molecule has 5 heteroatoms. The highest BCUT2D eigenvalue weighted by Crippen LogP contribution is 2.26. The lowest BCUT2D eigenvalue weighted by Gasteiger charge is -2.09. The van der Waals surface area contributed by atoms with Gasteiger partial charge < -0.3 is 4.57 Å². The van der Waals surface area contributed by atoms with E-state index in [0.717, 1.165) is 46.1 Å². The molecular formula is C22H25N3OS. The van der Waals surface area contributed by atoms with Gasteiger partial charge in [0.05, 0.1) is 5.75 Å². The minimum absolute atomic E-state index is 0.146. The molecule has 0 atom stereocenters. The number of aryl methyl sites for hydroxylation is 3. The summed E-state index contributed by atoms with van der Waals surface area (Å²) in [6, 6.07) is 14.3. The molecule has 0 radical (unpaired) electrons. The van der Waals surface area contributed by atoms with Gasteiger partial charge in [-0.1, -0.05) is 62.0 Å². The third-order valence-corrected chi connectivity index (χ3v) is 5.84. The fourth-order valence-corrected chi connectivity index (χ4v) is 3.91. The highest BCUT2D eigenvalue weighted by molar-refractivity contribution is 7.99. The van der Waals surface area contributed by atoms with E-state index in [1.54, 1.807) is 0 Å². The molecule has 0 aliphatic heterocycles. The molecule has 1 aromatic heterocycles. The summed E-state index contributed by atoms with van der Waals surface area (Å²) in [5, 5.41) is 9.39. The van der Waals surface area contributed by atoms with Gasteiger partial charge in [-0.25, -0.2) is 0 Å². The maximum absolute atomic E-state index is 12.8. The summed E-state index contributed by atoms with van der Waals surface area (Å²) in [6.07, 6.45) is 1.79. The van der Waals surface area contributed by atoms with Crippen LogP contribution in [-0.2, 0) is 19.9 Å². The van der Waals surface area contributed by atoms with Crippen molar-refractivity contribution in [3.05, 3.63) is 64.7 Å². The van der Waals surface area contributed by atoms with Gasteiger partial charge in [0.15, 0.2) is 16.8 Å². The Hall–Kier alpha value is -2.40. The predicted octanol–water partition coefficient (Wildman–Crippen LogP) is 4.89. The summed E-state index contributed by atoms with van der Waals surface area (Å²) in [5.74, 6) is 1.33. The van der Waals surface area contributed by atoms with Crippen molar-refractivity contribution in [1.82, 2.24) is 14.8 Å². The number of nitrogens with zero attached hydrogens (tertiary/aromatic N) is 3. The Morgan fingerprint density at radius 3 is 2.56 bits per heavy atom. The number of benzene rings is 2. The first-order chi connectivity index (χ1) is 13.0. The summed E-state index contributed by atoms with van der Waals surface area (Å²) in [7, 11) is 1.95. The number of hydrogen-bond acceptors (Lipinski definition) is 4. The van der Waals surface area contributed by atoms with Gasteiger partial charge in [0, 0.05) is 18.2 Å². The number of Topliss-reactive ketones (excluding diaryl/α,β-unsaturated/α-hetero) is 1. The Kier molecular flexibility index (Phi) is 6.11. The average Bonchev–Trinajstić information content (AvgIpc) is 3.06. The SMILES string of the molecule is CCc1ccc(CC)c(C(=O)CSc2nnc(-c3ccccc3C)n2C)c1. The molecule has 3 rings (SSSR count). The van der Waals surface area contributed by atoms with Gasteiger partial charge in [0.25, 0.3) is 0 Å². The highest BCUT2D eigenvalue weighted by atomic mass is 32.2. The molecule has 0 aliphatic rings. The standard InChI is InChI=1S/C22H25N3OS/c1-5-16-11-12-17(6-2)19(13-16)20(26)14-27-22-24-23-21(25(22)4)18-10-8-7-9-15(18)3/h7-13H,5-6,14H2,1-4H3. The maximum Gasteiger partial charge on any atom is 0.191 e. The van der Waals surface area contributed by atoms with Gasteiger partial charge in [-0.2, -0.15) is 0 Å². The van der Waals surface area contributed by atoms with Crippen molar-refractivity contribution in [3.63, 3.8) is 0 Å². The molecule has 0 aliphatic carbocycles. The third kappa shape index (κ3) is 4.14. The lowest BCUT2D eigenvalue weighted by atomic mass is 9.98. The number of thioether (sulfide) groups is 1. The Labute approximate surface area is 165 Å². The summed E-state index contributed by atoms with van der Waals surface area (Å²) < 4.78 is 1.96. The maximum atomic E-state index is 12.8. The van der Waals surface area contributed by atoms with Crippen LogP contribution in [0.25, 0.3) is 11.4 Å². The van der Waals surface area contributed by atoms with E-state index in [9.17, 15) is 4.79 Å². The second-order valence-corrected chi connectivity index (χ2v) is 7.53. The van der Waals surface area contributed by atoms with Gasteiger partial charge in [-0.05, 0) is 42.5 Å². The van der Waals surface area contributed by atoms with Crippen LogP contribution in [0, 0.1) is 6.92 Å². The van der Waals surface area contributed by atoms with Gasteiger partial charge in [-0.15, -0.1) is 10.2 Å². The molecule has 27 heavy (non-hydrogen) atoms. The molecule has 0 fully saturated rings. The monoisotopic (exact) mass is 379 g/mol. The topological polar surface area (TPSA) is 47.8 Å². The molecular weight excluding hydrogens is 354 g/mol. The van der Waals surface area contributed by atoms with Crippen molar-refractivity contribution in [2.75, 3.05) is 5.75 Å². The number of hydrogen-bond donors (Lipinski definition) is 0. The highest BCUT2D eigenvalue weighted by Gasteiger charge is 2.16. The predicted molar refractivity (Wildman–Crippen MR) is 111 cm³/mol. The van der Waals surface area contributed by atoms with E-state index in [2.05, 4.69) is 49.2 Å². The Balaban J connectivity index is 1.78. The fraction of sp³-hybridized carbons (Fsp3) is 0.318. The first-order valence-electron chi connectivity index (χ1n) is 9.28. The normalized spacial score (nSPS) is 11.0. The van der Waals surface area contributed by atoms with Crippen molar-refractivity contribution < 1.29 is 4.79 Å². The van der Waals surface area contributed by atoms with Gasteiger partial charge in [-0.3, -0.25) is 4.79 Å². The molecule has 1 heterocycles. The average molecular weight is 380 g/mol. The van der Waals surface area contributed by atoms with E-state index in [1.165, 1.54) is 17.3 Å². The lowest BCUT2D eigenvalue weighted by Crippen LogP contribution is -2.08. The van der Waals surface area contributed by atoms with Crippen LogP contribution >= 0.6 is 11.8 Å². The first-order valence-corrected chi connectivity index (χ1v) is 10.3. The van der Waals surface area contributed by atoms with E-state index in [4.69, 9.17) is 0 Å². The fourth-order valence-electron chi connectivity index (χ4n) is 3.12. The van der Waals surface area contributed by atoms with E-state index >= 15 is 0 Å². The molecule has 0 spiro atoms. The largest absolute Gasteiger partial charge is 0.305 e. The second kappa shape index (κ2) is 8.53. The van der Waals surface area contributed by atoms with E-state index in [1.807, 2.05) is 35.9 Å². The molecule has 4 nitrogen and oxygen atoms in total. The van der Waals surface area contributed by atoms with Crippen LogP contribution in [0.2, 0.25) is 0 Å². The Morgan fingerprint density at radius 1 is 1.07 bits per heavy atom. The van der Waals surface area contributed by atoms with Crippen LogP contribution in [0.1, 0.15) is 40.9 Å². The first kappa shape index (κ1) is 19.4. The van der Waals surface area contributed by atoms with Gasteiger partial charge >= 0.3 is 0 Å². The zero-order valence-electron chi connectivity index (χ0n) is 16.3. The van der Waals surface area contributed by atoms with Crippen LogP contribution < -0.4 is 0 Å². The molecule has 2 aromatic carbocycles. The number of aromatic nitrogens is 3. The van der Waals surface area contributed by atoms with Crippen LogP contribution in [0.3, 0.4) is 0 Å². The van der Waals surface area contributed by atoms with E-state index < -0.39 is 0 Å². The molecule has 140 valence electrons. The van der Waals surface area contributed by atoms with Crippen molar-refractivity contribution in [2.24, 2.45) is 7.05 Å². The minimum atomic E-state index is 0.146. The smallest absolute Gasteiger partial charge is 0.191 e. The quantitative estimate of drug-likeness (QED) is 0.433. The van der Waals surface area contributed by atoms with Crippen molar-refractivity contribution in [3.8, 4) is 11.4 Å². The zero-order valence-corrected chi connectivity index (χ0v) is 17.1. The van der Waals surface area contributed by atoms with Crippen molar-refractivity contribution >= 4 is 17.5 Å². The molecule has 0 saturated carbocycles. The molecule has 0 N–H and O–H groups in total. The zero-order chi connectivity index (χ0) is 19.4. The molecule has 0 amide bonds. The number of ketones is 1. The summed E-state index contributed by atoms with van der Waals surface area (Å²) in [6.45, 7) is 6.26. The van der Waals surface area contributed by atoms with Gasteiger partial charge in [0.1, 0.15) is 0 Å². The van der Waals surface area contributed by atoms with Crippen molar-refractivity contribution in [1.29, 1.82) is 0 Å². The molecule has 3 aromatic rings. The Bertz CT molecular complexity index is 962. The summed E-state index contributed by atoms with van der Waals surface area (Å²) in [4.78, 5) is 12.8. The van der Waals surface area contributed by atoms with Crippen LogP contribution in [-0.4, -0.2) is 26.3 Å².